The van der Waals surface area contributed by atoms with Crippen molar-refractivity contribution in [1.29, 1.82) is 0 Å². The summed E-state index contributed by atoms with van der Waals surface area (Å²) < 4.78 is 0. The van der Waals surface area contributed by atoms with Crippen molar-refractivity contribution in [3.05, 3.63) is 107 Å². The van der Waals surface area contributed by atoms with Gasteiger partial charge in [0.05, 0.1) is 5.92 Å². The molecule has 2 N–H and O–H groups in total. The van der Waals surface area contributed by atoms with Crippen LogP contribution in [-0.4, -0.2) is 15.8 Å². The van der Waals surface area contributed by atoms with Gasteiger partial charge in [0.15, 0.2) is 5.78 Å². The van der Waals surface area contributed by atoms with E-state index in [4.69, 9.17) is 11.6 Å². The number of halogens is 1. The predicted octanol–water partition coefficient (Wildman–Crippen LogP) is 6.32. The van der Waals surface area contributed by atoms with Crippen molar-refractivity contribution >= 4 is 39.2 Å². The van der Waals surface area contributed by atoms with Crippen LogP contribution < -0.4 is 0 Å². The fraction of sp³-hybridized carbons (Fsp3) is 0.0417. The van der Waals surface area contributed by atoms with Gasteiger partial charge in [0.1, 0.15) is 0 Å². The van der Waals surface area contributed by atoms with Crippen LogP contribution >= 0.6 is 11.6 Å². The largest absolute Gasteiger partial charge is 0.361 e. The third kappa shape index (κ3) is 2.72. The quantitative estimate of drug-likeness (QED) is 0.350. The van der Waals surface area contributed by atoms with Crippen LogP contribution in [0.4, 0.5) is 0 Å². The second-order valence-corrected chi connectivity index (χ2v) is 7.32. The van der Waals surface area contributed by atoms with Crippen LogP contribution in [0, 0.1) is 0 Å². The number of carbonyl (C=O) groups is 1. The van der Waals surface area contributed by atoms with Gasteiger partial charge in [-0.05, 0) is 47.5 Å². The van der Waals surface area contributed by atoms with Crippen LogP contribution in [0.2, 0.25) is 5.02 Å². The summed E-state index contributed by atoms with van der Waals surface area (Å²) in [5.74, 6) is -0.375. The van der Waals surface area contributed by atoms with Crippen LogP contribution in [0.25, 0.3) is 21.8 Å². The fourth-order valence-electron chi connectivity index (χ4n) is 3.90. The molecule has 5 aromatic rings. The lowest BCUT2D eigenvalue weighted by atomic mass is 9.84. The first-order valence-electron chi connectivity index (χ1n) is 9.14. The van der Waals surface area contributed by atoms with Crippen molar-refractivity contribution in [2.75, 3.05) is 0 Å². The number of fused-ring (bicyclic) bond motifs is 2. The van der Waals surface area contributed by atoms with E-state index in [0.29, 0.717) is 10.6 Å². The Balaban J connectivity index is 1.74. The van der Waals surface area contributed by atoms with Crippen molar-refractivity contribution in [2.45, 2.75) is 5.92 Å². The Hall–Kier alpha value is -3.30. The maximum absolute atomic E-state index is 13.7. The average molecular weight is 385 g/mol. The number of nitrogens with one attached hydrogen (secondary N) is 2. The number of para-hydroxylation sites is 2. The molecule has 0 aliphatic rings. The van der Waals surface area contributed by atoms with Gasteiger partial charge in [-0.2, -0.15) is 0 Å². The van der Waals surface area contributed by atoms with Crippen LogP contribution in [0.5, 0.6) is 0 Å². The lowest BCUT2D eigenvalue weighted by molar-refractivity contribution is 0.0974. The summed E-state index contributed by atoms with van der Waals surface area (Å²) in [7, 11) is 0. The highest BCUT2D eigenvalue weighted by molar-refractivity contribution is 6.30. The third-order valence-corrected chi connectivity index (χ3v) is 5.51. The second kappa shape index (κ2) is 6.70. The lowest BCUT2D eigenvalue weighted by Crippen LogP contribution is -2.14. The number of rotatable bonds is 4. The van der Waals surface area contributed by atoms with Crippen molar-refractivity contribution in [3.63, 3.8) is 0 Å². The number of H-pyrrole nitrogens is 2. The Morgan fingerprint density at radius 3 is 1.75 bits per heavy atom. The van der Waals surface area contributed by atoms with E-state index in [9.17, 15) is 4.79 Å². The first-order chi connectivity index (χ1) is 13.7. The molecular weight excluding hydrogens is 368 g/mol. The number of ketones is 1. The summed E-state index contributed by atoms with van der Waals surface area (Å²) in [5, 5.41) is 2.73. The number of carbonyl (C=O) groups excluding carboxylic acids is 1. The second-order valence-electron chi connectivity index (χ2n) is 6.88. The highest BCUT2D eigenvalue weighted by atomic mass is 35.5. The molecule has 5 rings (SSSR count). The molecule has 0 spiro atoms. The van der Waals surface area contributed by atoms with E-state index in [0.717, 1.165) is 32.9 Å². The highest BCUT2D eigenvalue weighted by Gasteiger charge is 2.28. The maximum atomic E-state index is 13.7. The first kappa shape index (κ1) is 16.8. The van der Waals surface area contributed by atoms with Crippen molar-refractivity contribution < 1.29 is 4.79 Å². The first-order valence-corrected chi connectivity index (χ1v) is 9.52. The predicted molar refractivity (Wildman–Crippen MR) is 114 cm³/mol. The number of aromatic nitrogens is 2. The molecule has 0 saturated heterocycles. The van der Waals surface area contributed by atoms with Gasteiger partial charge in [0.25, 0.3) is 0 Å². The van der Waals surface area contributed by atoms with Gasteiger partial charge < -0.3 is 9.97 Å². The van der Waals surface area contributed by atoms with E-state index >= 15 is 0 Å². The number of hydrogen-bond donors (Lipinski definition) is 2. The zero-order valence-electron chi connectivity index (χ0n) is 14.9. The van der Waals surface area contributed by atoms with Gasteiger partial charge in [0.2, 0.25) is 0 Å². The highest BCUT2D eigenvalue weighted by Crippen LogP contribution is 2.37. The van der Waals surface area contributed by atoms with E-state index in [1.165, 1.54) is 0 Å². The molecule has 0 unspecified atom stereocenters. The molecule has 0 aliphatic heterocycles. The fourth-order valence-corrected chi connectivity index (χ4v) is 4.02. The topological polar surface area (TPSA) is 48.6 Å². The Morgan fingerprint density at radius 1 is 0.714 bits per heavy atom. The van der Waals surface area contributed by atoms with E-state index in [2.05, 4.69) is 22.1 Å². The van der Waals surface area contributed by atoms with Crippen molar-refractivity contribution in [2.24, 2.45) is 0 Å². The van der Waals surface area contributed by atoms with Gasteiger partial charge in [0, 0.05) is 44.8 Å². The van der Waals surface area contributed by atoms with Crippen molar-refractivity contribution in [3.8, 4) is 0 Å². The lowest BCUT2D eigenvalue weighted by Gasteiger charge is -2.16. The smallest absolute Gasteiger partial charge is 0.174 e. The molecule has 0 saturated carbocycles. The molecule has 136 valence electrons. The van der Waals surface area contributed by atoms with Gasteiger partial charge in [-0.3, -0.25) is 4.79 Å². The molecule has 0 bridgehead atoms. The normalized spacial score (nSPS) is 11.5. The minimum atomic E-state index is -0.423. The van der Waals surface area contributed by atoms with Crippen molar-refractivity contribution in [1.82, 2.24) is 9.97 Å². The standard InChI is InChI=1S/C24H17ClN2O/c25-16-11-9-15(10-12-16)24(28)23(19-13-26-21-7-3-1-5-17(19)21)20-14-27-22-8-4-2-6-18(20)22/h1-14,23,26-27H. The molecule has 0 amide bonds. The summed E-state index contributed by atoms with van der Waals surface area (Å²) in [6.45, 7) is 0. The van der Waals surface area contributed by atoms with Crippen LogP contribution in [0.1, 0.15) is 27.4 Å². The number of Topliss-reactive ketones (excluding diaryl/α,β-unsaturated/α-hetero) is 1. The third-order valence-electron chi connectivity index (χ3n) is 5.26. The van der Waals surface area contributed by atoms with Crippen LogP contribution in [0.3, 0.4) is 0 Å². The molecular formula is C24H17ClN2O. The number of benzene rings is 3. The molecule has 0 atom stereocenters. The molecule has 3 aromatic carbocycles. The molecule has 0 fully saturated rings. The summed E-state index contributed by atoms with van der Waals surface area (Å²) in [5.41, 5.74) is 4.63. The molecule has 0 radical (unpaired) electrons. The minimum Gasteiger partial charge on any atom is -0.361 e. The number of aromatic amines is 2. The Bertz CT molecular complexity index is 1220. The van der Waals surface area contributed by atoms with Crippen LogP contribution in [0.15, 0.2) is 85.2 Å². The molecule has 2 aromatic heterocycles. The van der Waals surface area contributed by atoms with Gasteiger partial charge >= 0.3 is 0 Å². The van der Waals surface area contributed by atoms with Crippen LogP contribution in [-0.2, 0) is 0 Å². The van der Waals surface area contributed by atoms with Gasteiger partial charge in [-0.1, -0.05) is 48.0 Å². The number of hydrogen-bond acceptors (Lipinski definition) is 1. The van der Waals surface area contributed by atoms with Gasteiger partial charge in [-0.25, -0.2) is 0 Å². The van der Waals surface area contributed by atoms with E-state index in [1.54, 1.807) is 24.3 Å². The Morgan fingerprint density at radius 2 is 1.21 bits per heavy atom. The Labute approximate surface area is 167 Å². The van der Waals surface area contributed by atoms with Gasteiger partial charge in [-0.15, -0.1) is 0 Å². The summed E-state index contributed by atoms with van der Waals surface area (Å²) >= 11 is 6.03. The zero-order valence-corrected chi connectivity index (χ0v) is 15.7. The average Bonchev–Trinajstić information content (AvgIpc) is 3.34. The molecule has 0 aliphatic carbocycles. The summed E-state index contributed by atoms with van der Waals surface area (Å²) in [6.07, 6.45) is 3.90. The SMILES string of the molecule is O=C(c1ccc(Cl)cc1)C(c1c[nH]c2ccccc12)c1c[nH]c2ccccc12. The van der Waals surface area contributed by atoms with E-state index < -0.39 is 5.92 Å². The molecule has 2 heterocycles. The molecule has 4 heteroatoms. The minimum absolute atomic E-state index is 0.0474. The van der Waals surface area contributed by atoms with E-state index in [-0.39, 0.29) is 5.78 Å². The summed E-state index contributed by atoms with van der Waals surface area (Å²) in [4.78, 5) is 20.3. The monoisotopic (exact) mass is 384 g/mol. The zero-order chi connectivity index (χ0) is 19.1. The Kier molecular flexibility index (Phi) is 4.03. The molecule has 28 heavy (non-hydrogen) atoms. The summed E-state index contributed by atoms with van der Waals surface area (Å²) in [6, 6.07) is 23.2. The van der Waals surface area contributed by atoms with E-state index in [1.807, 2.05) is 48.8 Å². The maximum Gasteiger partial charge on any atom is 0.174 e. The molecule has 3 nitrogen and oxygen atoms in total.